The molecule has 0 bridgehead atoms. The number of nitrogens with zero attached hydrogens (tertiary/aromatic N) is 2. The molecule has 1 fully saturated rings. The van der Waals surface area contributed by atoms with Crippen LogP contribution in [-0.4, -0.2) is 40.8 Å². The Hall–Kier alpha value is -2.35. The summed E-state index contributed by atoms with van der Waals surface area (Å²) in [4.78, 5) is 16.9. The van der Waals surface area contributed by atoms with Gasteiger partial charge >= 0.3 is 0 Å². The van der Waals surface area contributed by atoms with Gasteiger partial charge in [0.25, 0.3) is 11.1 Å². The van der Waals surface area contributed by atoms with E-state index < -0.39 is 0 Å². The second kappa shape index (κ2) is 7.34. The first-order valence-corrected chi connectivity index (χ1v) is 9.90. The fourth-order valence-electron chi connectivity index (χ4n) is 3.22. The molecule has 1 N–H and O–H groups in total. The number of carbonyl (C=O) groups is 1. The first-order valence-electron chi connectivity index (χ1n) is 8.67. The number of ether oxygens (including phenoxy) is 1. The van der Waals surface area contributed by atoms with Gasteiger partial charge in [0.2, 0.25) is 0 Å². The Kier molecular flexibility index (Phi) is 4.90. The van der Waals surface area contributed by atoms with E-state index in [1.54, 1.807) is 17.8 Å². The molecular weight excluding hydrogens is 380 g/mol. The zero-order chi connectivity index (χ0) is 19.0. The molecule has 0 radical (unpaired) electrons. The molecule has 1 amide bonds. The van der Waals surface area contributed by atoms with E-state index in [0.29, 0.717) is 13.1 Å². The number of fused-ring (bicyclic) bond motifs is 3. The summed E-state index contributed by atoms with van der Waals surface area (Å²) < 4.78 is 5.43. The van der Waals surface area contributed by atoms with Crippen LogP contribution in [-0.2, 0) is 9.53 Å². The van der Waals surface area contributed by atoms with Crippen LogP contribution in [0.25, 0.3) is 10.8 Å². The molecule has 0 saturated carbocycles. The van der Waals surface area contributed by atoms with Crippen LogP contribution in [0.1, 0.15) is 6.92 Å². The van der Waals surface area contributed by atoms with Gasteiger partial charge in [0.15, 0.2) is 5.76 Å². The number of β-amino-alcohol motifs (C(OH)–C–C–N with tert-alkyl or cyclic N) is 1. The number of hydrogen-bond acceptors (Lipinski definition) is 6. The minimum absolute atomic E-state index is 0.0316. The Labute approximate surface area is 166 Å². The van der Waals surface area contributed by atoms with Crippen molar-refractivity contribution in [3.05, 3.63) is 59.3 Å². The van der Waals surface area contributed by atoms with Gasteiger partial charge in [-0.2, -0.15) is 0 Å². The smallest absolute Gasteiger partial charge is 0.297 e. The summed E-state index contributed by atoms with van der Waals surface area (Å²) in [7, 11) is 0. The molecule has 1 saturated heterocycles. The summed E-state index contributed by atoms with van der Waals surface area (Å²) in [6.45, 7) is 2.84. The van der Waals surface area contributed by atoms with Gasteiger partial charge in [-0.25, -0.2) is 0 Å². The van der Waals surface area contributed by atoms with Crippen LogP contribution in [0.15, 0.2) is 64.2 Å². The van der Waals surface area contributed by atoms with Gasteiger partial charge in [0.1, 0.15) is 0 Å². The number of benzene rings is 2. The summed E-state index contributed by atoms with van der Waals surface area (Å²) in [5.41, 5.74) is 1.06. The molecular formula is C20H18N2O3S2. The third-order valence-electron chi connectivity index (χ3n) is 4.51. The molecule has 2 aromatic rings. The predicted octanol–water partition coefficient (Wildman–Crippen LogP) is 3.63. The van der Waals surface area contributed by atoms with Gasteiger partial charge < -0.3 is 14.7 Å². The monoisotopic (exact) mass is 398 g/mol. The summed E-state index contributed by atoms with van der Waals surface area (Å²) >= 11 is 6.71. The molecule has 138 valence electrons. The van der Waals surface area contributed by atoms with Crippen molar-refractivity contribution in [2.75, 3.05) is 24.6 Å². The normalized spacial score (nSPS) is 19.5. The Bertz CT molecular complexity index is 1000. The number of likely N-dealkylation sites (N-methyl/N-ethyl adjacent to an activating group) is 1. The zero-order valence-electron chi connectivity index (χ0n) is 14.7. The van der Waals surface area contributed by atoms with Crippen molar-refractivity contribution in [3.8, 4) is 0 Å². The van der Waals surface area contributed by atoms with Crippen molar-refractivity contribution in [2.24, 2.45) is 0 Å². The van der Waals surface area contributed by atoms with E-state index in [0.717, 1.165) is 15.6 Å². The van der Waals surface area contributed by atoms with Gasteiger partial charge in [-0.05, 0) is 48.1 Å². The van der Waals surface area contributed by atoms with Crippen molar-refractivity contribution < 1.29 is 14.6 Å². The fraction of sp³-hybridized carbons (Fsp3) is 0.200. The molecule has 0 spiro atoms. The lowest BCUT2D eigenvalue weighted by molar-refractivity contribution is -0.122. The summed E-state index contributed by atoms with van der Waals surface area (Å²) in [6, 6.07) is 12.4. The van der Waals surface area contributed by atoms with E-state index in [2.05, 4.69) is 29.2 Å². The number of thioether (sulfide) groups is 1. The van der Waals surface area contributed by atoms with E-state index in [4.69, 9.17) is 17.0 Å². The van der Waals surface area contributed by atoms with E-state index >= 15 is 0 Å². The van der Waals surface area contributed by atoms with Crippen LogP contribution in [0.2, 0.25) is 0 Å². The number of amides is 1. The molecule has 5 nitrogen and oxygen atoms in total. The van der Waals surface area contributed by atoms with E-state index in [1.165, 1.54) is 15.7 Å². The Balaban J connectivity index is 1.72. The van der Waals surface area contributed by atoms with Crippen molar-refractivity contribution in [1.82, 2.24) is 4.90 Å². The number of carbonyl (C=O) groups excluding carboxylic acids is 1. The quantitative estimate of drug-likeness (QED) is 0.627. The lowest BCUT2D eigenvalue weighted by atomic mass is 10.1. The minimum Gasteiger partial charge on any atom is -0.426 e. The SMILES string of the molecule is CCN1C(=O)C(=CC=C2Sc3c(ccc4ccccc34)N2CCO)OC1=S. The molecule has 4 rings (SSSR count). The number of aliphatic hydroxyl groups excluding tert-OH is 1. The second-order valence-corrected chi connectivity index (χ2v) is 7.45. The van der Waals surface area contributed by atoms with Crippen molar-refractivity contribution in [3.63, 3.8) is 0 Å². The molecule has 2 aliphatic rings. The summed E-state index contributed by atoms with van der Waals surface area (Å²) in [5, 5.41) is 13.0. The van der Waals surface area contributed by atoms with Crippen LogP contribution in [0.3, 0.4) is 0 Å². The maximum absolute atomic E-state index is 12.3. The highest BCUT2D eigenvalue weighted by molar-refractivity contribution is 8.04. The maximum Gasteiger partial charge on any atom is 0.297 e. The van der Waals surface area contributed by atoms with Crippen LogP contribution in [0, 0.1) is 0 Å². The number of anilines is 1. The van der Waals surface area contributed by atoms with Crippen LogP contribution >= 0.6 is 24.0 Å². The van der Waals surface area contributed by atoms with E-state index in [1.807, 2.05) is 25.1 Å². The Morgan fingerprint density at radius 3 is 2.74 bits per heavy atom. The first-order chi connectivity index (χ1) is 13.1. The molecule has 7 heteroatoms. The Morgan fingerprint density at radius 2 is 2.00 bits per heavy atom. The van der Waals surface area contributed by atoms with Crippen LogP contribution in [0.4, 0.5) is 5.69 Å². The summed E-state index contributed by atoms with van der Waals surface area (Å²) in [6.07, 6.45) is 3.51. The minimum atomic E-state index is -0.223. The van der Waals surface area contributed by atoms with Gasteiger partial charge in [-0.3, -0.25) is 9.69 Å². The second-order valence-electron chi connectivity index (χ2n) is 6.07. The molecule has 2 aromatic carbocycles. The van der Waals surface area contributed by atoms with Crippen molar-refractivity contribution in [1.29, 1.82) is 0 Å². The number of aliphatic hydroxyl groups is 1. The maximum atomic E-state index is 12.3. The number of thiocarbonyl (C=S) groups is 1. The Morgan fingerprint density at radius 1 is 1.19 bits per heavy atom. The number of allylic oxidation sites excluding steroid dienone is 2. The van der Waals surface area contributed by atoms with Crippen molar-refractivity contribution in [2.45, 2.75) is 11.8 Å². The summed E-state index contributed by atoms with van der Waals surface area (Å²) in [5.74, 6) is -0.00117. The highest BCUT2D eigenvalue weighted by atomic mass is 32.2. The zero-order valence-corrected chi connectivity index (χ0v) is 16.3. The third-order valence-corrected chi connectivity index (χ3v) is 6.02. The first kappa shape index (κ1) is 18.0. The highest BCUT2D eigenvalue weighted by Gasteiger charge is 2.32. The average Bonchev–Trinajstić information content (AvgIpc) is 3.17. The van der Waals surface area contributed by atoms with Crippen molar-refractivity contribution >= 4 is 51.5 Å². The topological polar surface area (TPSA) is 53.0 Å². The molecule has 0 aromatic heterocycles. The standard InChI is InChI=1S/C20H18N2O3S2/c1-2-21-19(24)16(25-20(21)26)9-10-17-22(11-12-23)15-8-7-13-5-3-4-6-14(13)18(15)27-17/h3-10,23H,2,11-12H2,1H3. The largest absolute Gasteiger partial charge is 0.426 e. The fourth-order valence-corrected chi connectivity index (χ4v) is 4.74. The lowest BCUT2D eigenvalue weighted by Gasteiger charge is -2.19. The molecule has 0 aliphatic carbocycles. The third kappa shape index (κ3) is 3.12. The van der Waals surface area contributed by atoms with E-state index in [-0.39, 0.29) is 23.4 Å². The van der Waals surface area contributed by atoms with E-state index in [9.17, 15) is 9.90 Å². The molecule has 2 aliphatic heterocycles. The van der Waals surface area contributed by atoms with Gasteiger partial charge in [-0.15, -0.1) is 0 Å². The van der Waals surface area contributed by atoms with Gasteiger partial charge in [0, 0.05) is 18.0 Å². The number of rotatable bonds is 4. The molecule has 2 heterocycles. The number of hydrogen-bond donors (Lipinski definition) is 1. The average molecular weight is 399 g/mol. The molecule has 0 atom stereocenters. The van der Waals surface area contributed by atoms with Gasteiger partial charge in [0.05, 0.1) is 17.3 Å². The molecule has 27 heavy (non-hydrogen) atoms. The molecule has 0 unspecified atom stereocenters. The highest BCUT2D eigenvalue weighted by Crippen LogP contribution is 2.49. The van der Waals surface area contributed by atoms with Gasteiger partial charge in [-0.1, -0.05) is 42.1 Å². The lowest BCUT2D eigenvalue weighted by Crippen LogP contribution is -2.27. The predicted molar refractivity (Wildman–Crippen MR) is 111 cm³/mol. The van der Waals surface area contributed by atoms with Crippen LogP contribution < -0.4 is 4.90 Å². The van der Waals surface area contributed by atoms with Crippen LogP contribution in [0.5, 0.6) is 0 Å².